The Morgan fingerprint density at radius 3 is 2.73 bits per heavy atom. The second-order valence-corrected chi connectivity index (χ2v) is 4.39. The highest BCUT2D eigenvalue weighted by molar-refractivity contribution is 5.46. The summed E-state index contributed by atoms with van der Waals surface area (Å²) in [6.07, 6.45) is 5.60. The number of benzene rings is 1. The van der Waals surface area contributed by atoms with E-state index in [0.29, 0.717) is 5.92 Å². The molecule has 1 atom stereocenters. The number of allylic oxidation sites excluding steroid dienone is 1. The van der Waals surface area contributed by atoms with Crippen LogP contribution in [0.5, 0.6) is 0 Å². The quantitative estimate of drug-likeness (QED) is 0.709. The molecule has 2 N–H and O–H groups in total. The second-order valence-electron chi connectivity index (χ2n) is 4.39. The van der Waals surface area contributed by atoms with Gasteiger partial charge in [-0.25, -0.2) is 0 Å². The van der Waals surface area contributed by atoms with Crippen molar-refractivity contribution in [3.63, 3.8) is 0 Å². The van der Waals surface area contributed by atoms with Gasteiger partial charge in [0.05, 0.1) is 0 Å². The summed E-state index contributed by atoms with van der Waals surface area (Å²) in [5.41, 5.74) is 9.32. The fourth-order valence-electron chi connectivity index (χ4n) is 2.10. The molecule has 1 unspecified atom stereocenters. The molecule has 2 rings (SSSR count). The van der Waals surface area contributed by atoms with Gasteiger partial charge in [0, 0.05) is 25.2 Å². The molecular weight excluding hydrogens is 184 g/mol. The summed E-state index contributed by atoms with van der Waals surface area (Å²) in [5.74, 6) is 0.531. The summed E-state index contributed by atoms with van der Waals surface area (Å²) < 4.78 is 0. The molecule has 1 aromatic carbocycles. The molecule has 0 fully saturated rings. The average Bonchev–Trinajstić information content (AvgIpc) is 2.17. The molecule has 0 aliphatic carbocycles. The van der Waals surface area contributed by atoms with E-state index in [4.69, 9.17) is 5.73 Å². The Balaban J connectivity index is 2.26. The molecule has 0 saturated heterocycles. The molecule has 80 valence electrons. The molecule has 2 heteroatoms. The van der Waals surface area contributed by atoms with Gasteiger partial charge in [-0.05, 0) is 42.8 Å². The van der Waals surface area contributed by atoms with Gasteiger partial charge in [0.2, 0.25) is 0 Å². The predicted molar refractivity (Wildman–Crippen MR) is 64.7 cm³/mol. The van der Waals surface area contributed by atoms with Crippen molar-refractivity contribution in [1.82, 2.24) is 4.90 Å². The van der Waals surface area contributed by atoms with Crippen LogP contribution in [0.1, 0.15) is 23.5 Å². The number of hydrogen-bond donors (Lipinski definition) is 1. The zero-order chi connectivity index (χ0) is 10.8. The zero-order valence-electron chi connectivity index (χ0n) is 9.40. The minimum absolute atomic E-state index is 0.531. The summed E-state index contributed by atoms with van der Waals surface area (Å²) in [4.78, 5) is 2.22. The Kier molecular flexibility index (Phi) is 2.67. The Labute approximate surface area is 91.4 Å². The van der Waals surface area contributed by atoms with Crippen molar-refractivity contribution in [1.29, 1.82) is 0 Å². The lowest BCUT2D eigenvalue weighted by atomic mass is 9.92. The summed E-state index contributed by atoms with van der Waals surface area (Å²) in [6, 6.07) is 6.34. The van der Waals surface area contributed by atoms with Crippen LogP contribution in [0, 0.1) is 6.92 Å². The van der Waals surface area contributed by atoms with Crippen molar-refractivity contribution in [2.24, 2.45) is 0 Å². The van der Waals surface area contributed by atoms with E-state index in [-0.39, 0.29) is 0 Å². The van der Waals surface area contributed by atoms with Crippen molar-refractivity contribution in [2.45, 2.75) is 19.3 Å². The second kappa shape index (κ2) is 3.97. The van der Waals surface area contributed by atoms with E-state index < -0.39 is 0 Å². The van der Waals surface area contributed by atoms with Crippen molar-refractivity contribution >= 4 is 5.69 Å². The first-order valence-corrected chi connectivity index (χ1v) is 5.41. The minimum atomic E-state index is 0.531. The number of nitrogen functional groups attached to an aromatic ring is 1. The highest BCUT2D eigenvalue weighted by atomic mass is 15.1. The smallest absolute Gasteiger partial charge is 0.0319 e. The minimum Gasteiger partial charge on any atom is -0.399 e. The maximum atomic E-state index is 5.86. The number of aryl methyl sites for hydroxylation is 1. The van der Waals surface area contributed by atoms with Gasteiger partial charge in [-0.15, -0.1) is 0 Å². The van der Waals surface area contributed by atoms with E-state index >= 15 is 0 Å². The number of rotatable bonds is 1. The topological polar surface area (TPSA) is 29.3 Å². The number of hydrogen-bond acceptors (Lipinski definition) is 2. The SMILES string of the molecule is Cc1cc(N)cc(C2C=CN(C)CC2)c1. The standard InChI is InChI=1S/C13H18N2/c1-10-7-12(9-13(14)8-10)11-3-5-15(2)6-4-11/h3,5,7-9,11H,4,6,14H2,1-2H3. The van der Waals surface area contributed by atoms with Gasteiger partial charge in [-0.1, -0.05) is 12.1 Å². The third-order valence-corrected chi connectivity index (χ3v) is 2.92. The number of anilines is 1. The van der Waals surface area contributed by atoms with E-state index in [1.165, 1.54) is 17.5 Å². The molecular formula is C13H18N2. The van der Waals surface area contributed by atoms with Crippen LogP contribution in [-0.2, 0) is 0 Å². The van der Waals surface area contributed by atoms with E-state index in [1.54, 1.807) is 0 Å². The van der Waals surface area contributed by atoms with Crippen LogP contribution in [0.3, 0.4) is 0 Å². The van der Waals surface area contributed by atoms with Gasteiger partial charge in [0.25, 0.3) is 0 Å². The van der Waals surface area contributed by atoms with Crippen LogP contribution in [0.25, 0.3) is 0 Å². The van der Waals surface area contributed by atoms with Gasteiger partial charge in [-0.2, -0.15) is 0 Å². The number of nitrogens with two attached hydrogens (primary N) is 1. The Bertz CT molecular complexity index is 362. The Morgan fingerprint density at radius 1 is 1.33 bits per heavy atom. The molecule has 0 spiro atoms. The molecule has 0 aromatic heterocycles. The van der Waals surface area contributed by atoms with Gasteiger partial charge in [-0.3, -0.25) is 0 Å². The number of nitrogens with zero attached hydrogens (tertiary/aromatic N) is 1. The van der Waals surface area contributed by atoms with E-state index in [2.05, 4.69) is 43.3 Å². The monoisotopic (exact) mass is 202 g/mol. The van der Waals surface area contributed by atoms with E-state index in [1.807, 2.05) is 6.07 Å². The predicted octanol–water partition coefficient (Wildman–Crippen LogP) is 2.51. The van der Waals surface area contributed by atoms with Crippen molar-refractivity contribution in [3.8, 4) is 0 Å². The summed E-state index contributed by atoms with van der Waals surface area (Å²) in [7, 11) is 2.11. The third-order valence-electron chi connectivity index (χ3n) is 2.92. The summed E-state index contributed by atoms with van der Waals surface area (Å²) in [5, 5.41) is 0. The first-order chi connectivity index (χ1) is 7.15. The van der Waals surface area contributed by atoms with Crippen LogP contribution in [0.2, 0.25) is 0 Å². The van der Waals surface area contributed by atoms with Crippen LogP contribution in [0.15, 0.2) is 30.5 Å². The van der Waals surface area contributed by atoms with Gasteiger partial charge < -0.3 is 10.6 Å². The summed E-state index contributed by atoms with van der Waals surface area (Å²) in [6.45, 7) is 3.22. The first kappa shape index (κ1) is 10.1. The lowest BCUT2D eigenvalue weighted by Crippen LogP contribution is -2.19. The molecule has 1 aliphatic heterocycles. The molecule has 0 saturated carbocycles. The van der Waals surface area contributed by atoms with E-state index in [0.717, 1.165) is 12.2 Å². The third kappa shape index (κ3) is 2.32. The highest BCUT2D eigenvalue weighted by Gasteiger charge is 2.13. The molecule has 1 aliphatic rings. The van der Waals surface area contributed by atoms with E-state index in [9.17, 15) is 0 Å². The normalized spacial score (nSPS) is 20.7. The van der Waals surface area contributed by atoms with Crippen LogP contribution in [-0.4, -0.2) is 18.5 Å². The fourth-order valence-corrected chi connectivity index (χ4v) is 2.10. The molecule has 0 bridgehead atoms. The van der Waals surface area contributed by atoms with Crippen molar-refractivity contribution in [3.05, 3.63) is 41.6 Å². The molecule has 1 heterocycles. The van der Waals surface area contributed by atoms with Gasteiger partial charge in [0.1, 0.15) is 0 Å². The van der Waals surface area contributed by atoms with Crippen LogP contribution in [0.4, 0.5) is 5.69 Å². The molecule has 1 aromatic rings. The highest BCUT2D eigenvalue weighted by Crippen LogP contribution is 2.27. The lowest BCUT2D eigenvalue weighted by Gasteiger charge is -2.24. The van der Waals surface area contributed by atoms with Crippen molar-refractivity contribution in [2.75, 3.05) is 19.3 Å². The zero-order valence-corrected chi connectivity index (χ0v) is 9.40. The molecule has 15 heavy (non-hydrogen) atoms. The molecule has 0 radical (unpaired) electrons. The lowest BCUT2D eigenvalue weighted by molar-refractivity contribution is 0.409. The van der Waals surface area contributed by atoms with Crippen molar-refractivity contribution < 1.29 is 0 Å². The largest absolute Gasteiger partial charge is 0.399 e. The fraction of sp³-hybridized carbons (Fsp3) is 0.385. The Morgan fingerprint density at radius 2 is 2.13 bits per heavy atom. The van der Waals surface area contributed by atoms with Crippen LogP contribution < -0.4 is 5.73 Å². The average molecular weight is 202 g/mol. The van der Waals surface area contributed by atoms with Gasteiger partial charge in [0.15, 0.2) is 0 Å². The Hall–Kier alpha value is -1.44. The van der Waals surface area contributed by atoms with Crippen LogP contribution >= 0.6 is 0 Å². The van der Waals surface area contributed by atoms with Gasteiger partial charge >= 0.3 is 0 Å². The molecule has 2 nitrogen and oxygen atoms in total. The maximum Gasteiger partial charge on any atom is 0.0319 e. The maximum absolute atomic E-state index is 5.86. The summed E-state index contributed by atoms with van der Waals surface area (Å²) >= 11 is 0. The first-order valence-electron chi connectivity index (χ1n) is 5.41. The molecule has 0 amide bonds.